The molecule has 0 radical (unpaired) electrons. The van der Waals surface area contributed by atoms with E-state index in [4.69, 9.17) is 0 Å². The van der Waals surface area contributed by atoms with Gasteiger partial charge in [0.1, 0.15) is 5.82 Å². The first-order valence-electron chi connectivity index (χ1n) is 10.0. The van der Waals surface area contributed by atoms with Crippen molar-refractivity contribution in [2.24, 2.45) is 5.92 Å². The Kier molecular flexibility index (Phi) is 7.37. The molecule has 1 aliphatic carbocycles. The van der Waals surface area contributed by atoms with Gasteiger partial charge in [0.15, 0.2) is 0 Å². The smallest absolute Gasteiger partial charge is 0.319 e. The largest absolute Gasteiger partial charge is 0.350 e. The fourth-order valence-corrected chi connectivity index (χ4v) is 3.33. The van der Waals surface area contributed by atoms with Crippen LogP contribution in [0.3, 0.4) is 0 Å². The molecule has 2 aromatic rings. The fraction of sp³-hybridized carbons (Fsp3) is 0.318. The zero-order valence-electron chi connectivity index (χ0n) is 16.5. The lowest BCUT2D eigenvalue weighted by atomic mass is 10.1. The van der Waals surface area contributed by atoms with Gasteiger partial charge in [0, 0.05) is 35.9 Å². The van der Waals surface area contributed by atoms with Gasteiger partial charge in [-0.3, -0.25) is 9.59 Å². The van der Waals surface area contributed by atoms with Crippen LogP contribution < -0.4 is 21.3 Å². The van der Waals surface area contributed by atoms with Gasteiger partial charge in [0.25, 0.3) is 5.91 Å². The van der Waals surface area contributed by atoms with E-state index in [0.717, 1.165) is 25.7 Å². The van der Waals surface area contributed by atoms with Gasteiger partial charge < -0.3 is 21.3 Å². The predicted octanol–water partition coefficient (Wildman–Crippen LogP) is 3.51. The molecule has 1 aliphatic rings. The average Bonchev–Trinajstić information content (AvgIpc) is 3.27. The van der Waals surface area contributed by atoms with E-state index in [0.29, 0.717) is 16.9 Å². The van der Waals surface area contributed by atoms with Crippen molar-refractivity contribution in [2.45, 2.75) is 25.7 Å². The van der Waals surface area contributed by atoms with E-state index in [2.05, 4.69) is 21.3 Å². The number of hydrogen-bond acceptors (Lipinski definition) is 3. The number of rotatable bonds is 7. The Morgan fingerprint density at radius 2 is 1.57 bits per heavy atom. The van der Waals surface area contributed by atoms with E-state index in [1.807, 2.05) is 0 Å². The van der Waals surface area contributed by atoms with Crippen molar-refractivity contribution in [1.29, 1.82) is 0 Å². The van der Waals surface area contributed by atoms with Crippen molar-refractivity contribution in [3.05, 3.63) is 59.9 Å². The molecule has 0 spiro atoms. The maximum Gasteiger partial charge on any atom is 0.319 e. The summed E-state index contributed by atoms with van der Waals surface area (Å²) in [6, 6.07) is 11.8. The number of benzene rings is 2. The minimum absolute atomic E-state index is 0.0345. The summed E-state index contributed by atoms with van der Waals surface area (Å²) in [5.74, 6) is -0.605. The molecule has 0 saturated heterocycles. The third-order valence-corrected chi connectivity index (χ3v) is 4.92. The number of urea groups is 1. The maximum absolute atomic E-state index is 13.1. The van der Waals surface area contributed by atoms with Gasteiger partial charge in [-0.15, -0.1) is 0 Å². The number of hydrogen-bond donors (Lipinski definition) is 4. The Balaban J connectivity index is 1.37. The van der Waals surface area contributed by atoms with Gasteiger partial charge in [0.05, 0.1) is 0 Å². The van der Waals surface area contributed by atoms with Crippen LogP contribution in [0.25, 0.3) is 0 Å². The summed E-state index contributed by atoms with van der Waals surface area (Å²) in [6.45, 7) is 0.442. The minimum atomic E-state index is -0.489. The molecule has 0 unspecified atom stereocenters. The average molecular weight is 412 g/mol. The van der Waals surface area contributed by atoms with Crippen molar-refractivity contribution in [1.82, 2.24) is 10.6 Å². The third-order valence-electron chi connectivity index (χ3n) is 4.92. The summed E-state index contributed by atoms with van der Waals surface area (Å²) in [7, 11) is 0. The number of amides is 4. The highest BCUT2D eigenvalue weighted by molar-refractivity contribution is 5.96. The molecule has 4 N–H and O–H groups in total. The molecule has 0 aliphatic heterocycles. The van der Waals surface area contributed by atoms with Crippen molar-refractivity contribution >= 4 is 29.2 Å². The van der Waals surface area contributed by atoms with Gasteiger partial charge in [-0.2, -0.15) is 0 Å². The number of nitrogens with one attached hydrogen (secondary N) is 4. The number of carbonyl (C=O) groups is 3. The van der Waals surface area contributed by atoms with E-state index in [-0.39, 0.29) is 30.8 Å². The molecule has 3 rings (SSSR count). The molecule has 4 amide bonds. The second-order valence-corrected chi connectivity index (χ2v) is 7.20. The zero-order chi connectivity index (χ0) is 21.3. The van der Waals surface area contributed by atoms with Crippen LogP contribution in [-0.2, 0) is 4.79 Å². The predicted molar refractivity (Wildman–Crippen MR) is 113 cm³/mol. The van der Waals surface area contributed by atoms with Crippen LogP contribution in [0.5, 0.6) is 0 Å². The van der Waals surface area contributed by atoms with E-state index < -0.39 is 11.8 Å². The topological polar surface area (TPSA) is 99.3 Å². The van der Waals surface area contributed by atoms with Crippen molar-refractivity contribution in [2.75, 3.05) is 23.7 Å². The van der Waals surface area contributed by atoms with Crippen molar-refractivity contribution in [3.63, 3.8) is 0 Å². The summed E-state index contributed by atoms with van der Waals surface area (Å²) >= 11 is 0. The highest BCUT2D eigenvalue weighted by Gasteiger charge is 2.22. The molecule has 8 heteroatoms. The van der Waals surface area contributed by atoms with Gasteiger partial charge in [-0.25, -0.2) is 9.18 Å². The fourth-order valence-electron chi connectivity index (χ4n) is 3.33. The molecular weight excluding hydrogens is 387 g/mol. The summed E-state index contributed by atoms with van der Waals surface area (Å²) in [4.78, 5) is 36.1. The lowest BCUT2D eigenvalue weighted by Crippen LogP contribution is -2.36. The van der Waals surface area contributed by atoms with Crippen LogP contribution >= 0.6 is 0 Å². The number of carbonyl (C=O) groups excluding carboxylic acids is 3. The molecular formula is C22H25FN4O3. The van der Waals surface area contributed by atoms with Gasteiger partial charge in [-0.05, 0) is 55.3 Å². The second-order valence-electron chi connectivity index (χ2n) is 7.20. The van der Waals surface area contributed by atoms with E-state index >= 15 is 0 Å². The quantitative estimate of drug-likeness (QED) is 0.524. The number of halogens is 1. The van der Waals surface area contributed by atoms with Crippen LogP contribution in [0.4, 0.5) is 20.6 Å². The SMILES string of the molecule is O=C(NCCNC(=O)c1ccc(NC(=O)C2CCCC2)cc1)Nc1cccc(F)c1. The molecule has 1 fully saturated rings. The monoisotopic (exact) mass is 412 g/mol. The van der Waals surface area contributed by atoms with E-state index in [1.165, 1.54) is 18.2 Å². The van der Waals surface area contributed by atoms with Gasteiger partial charge >= 0.3 is 6.03 Å². The van der Waals surface area contributed by atoms with Crippen LogP contribution in [-0.4, -0.2) is 30.9 Å². The van der Waals surface area contributed by atoms with E-state index in [1.54, 1.807) is 30.3 Å². The Hall–Kier alpha value is -3.42. The van der Waals surface area contributed by atoms with Crippen LogP contribution in [0.2, 0.25) is 0 Å². The molecule has 2 aromatic carbocycles. The lowest BCUT2D eigenvalue weighted by molar-refractivity contribution is -0.119. The van der Waals surface area contributed by atoms with Crippen LogP contribution in [0.15, 0.2) is 48.5 Å². The zero-order valence-corrected chi connectivity index (χ0v) is 16.5. The molecule has 158 valence electrons. The Morgan fingerprint density at radius 3 is 2.27 bits per heavy atom. The molecule has 30 heavy (non-hydrogen) atoms. The third kappa shape index (κ3) is 6.30. The van der Waals surface area contributed by atoms with Gasteiger partial charge in [0.2, 0.25) is 5.91 Å². The van der Waals surface area contributed by atoms with Crippen molar-refractivity contribution in [3.8, 4) is 0 Å². The summed E-state index contributed by atoms with van der Waals surface area (Å²) in [6.07, 6.45) is 4.05. The summed E-state index contributed by atoms with van der Waals surface area (Å²) < 4.78 is 13.1. The first kappa shape index (κ1) is 21.3. The molecule has 1 saturated carbocycles. The lowest BCUT2D eigenvalue weighted by Gasteiger charge is -2.11. The molecule has 7 nitrogen and oxygen atoms in total. The second kappa shape index (κ2) is 10.4. The Morgan fingerprint density at radius 1 is 0.867 bits per heavy atom. The van der Waals surface area contributed by atoms with Gasteiger partial charge in [-0.1, -0.05) is 18.9 Å². The summed E-state index contributed by atoms with van der Waals surface area (Å²) in [5, 5.41) is 10.7. The number of anilines is 2. The molecule has 0 aromatic heterocycles. The molecule has 0 heterocycles. The van der Waals surface area contributed by atoms with Crippen LogP contribution in [0, 0.1) is 11.7 Å². The molecule has 0 bridgehead atoms. The summed E-state index contributed by atoms with van der Waals surface area (Å²) in [5.41, 5.74) is 1.47. The highest BCUT2D eigenvalue weighted by atomic mass is 19.1. The standard InChI is InChI=1S/C22H25FN4O3/c23-17-6-3-7-19(14-17)27-22(30)25-13-12-24-20(28)16-8-10-18(11-9-16)26-21(29)15-4-1-2-5-15/h3,6-11,14-15H,1-2,4-5,12-13H2,(H,24,28)(H,26,29)(H2,25,27,30). The molecule has 0 atom stereocenters. The van der Waals surface area contributed by atoms with Crippen molar-refractivity contribution < 1.29 is 18.8 Å². The maximum atomic E-state index is 13.1. The minimum Gasteiger partial charge on any atom is -0.350 e. The Bertz CT molecular complexity index is 896. The first-order chi connectivity index (χ1) is 14.5. The van der Waals surface area contributed by atoms with E-state index in [9.17, 15) is 18.8 Å². The normalized spacial score (nSPS) is 13.5. The Labute approximate surface area is 174 Å². The highest BCUT2D eigenvalue weighted by Crippen LogP contribution is 2.26. The van der Waals surface area contributed by atoms with Crippen LogP contribution in [0.1, 0.15) is 36.0 Å². The first-order valence-corrected chi connectivity index (χ1v) is 10.0.